The molecule has 2 amide bonds. The Bertz CT molecular complexity index is 1770. The van der Waals surface area contributed by atoms with Crippen LogP contribution in [0.1, 0.15) is 30.5 Å². The first-order valence-corrected chi connectivity index (χ1v) is 17.0. The summed E-state index contributed by atoms with van der Waals surface area (Å²) in [7, 11) is -4.38. The fraction of sp³-hybridized carbons (Fsp3) is 0.257. The number of sulfonamides is 1. The molecule has 4 rings (SSSR count). The van der Waals surface area contributed by atoms with Gasteiger partial charge in [0.05, 0.1) is 15.6 Å². The minimum absolute atomic E-state index is 0.0159. The number of hydrogen-bond donors (Lipinski definition) is 1. The summed E-state index contributed by atoms with van der Waals surface area (Å²) in [5, 5.41) is 3.15. The highest BCUT2D eigenvalue weighted by atomic mass is 35.5. The van der Waals surface area contributed by atoms with E-state index in [1.54, 1.807) is 18.2 Å². The number of carbonyl (C=O) groups excluding carboxylic acids is 2. The van der Waals surface area contributed by atoms with Crippen molar-refractivity contribution in [2.45, 2.75) is 44.7 Å². The standard InChI is InChI=1S/C35H36Cl2FN3O4S/c1-24(2)21-39-35(43)33(19-26-9-5-4-6-10-26)40(22-27-11-7-8-12-31(27)38)34(42)23-41(32-20-28(36)15-18-30(32)37)46(44,45)29-16-13-25(3)14-17-29/h4-18,20,24,33H,19,21-23H2,1-3H3,(H,39,43)/t33-/m1/s1. The van der Waals surface area contributed by atoms with E-state index in [0.29, 0.717) is 6.54 Å². The van der Waals surface area contributed by atoms with Gasteiger partial charge in [0.2, 0.25) is 11.8 Å². The fourth-order valence-electron chi connectivity index (χ4n) is 4.81. The van der Waals surface area contributed by atoms with Gasteiger partial charge in [0.25, 0.3) is 10.0 Å². The van der Waals surface area contributed by atoms with Gasteiger partial charge in [-0.25, -0.2) is 12.8 Å². The topological polar surface area (TPSA) is 86.8 Å². The van der Waals surface area contributed by atoms with Crippen molar-refractivity contribution >= 4 is 50.7 Å². The fourth-order valence-corrected chi connectivity index (χ4v) is 6.68. The van der Waals surface area contributed by atoms with E-state index in [2.05, 4.69) is 5.32 Å². The smallest absolute Gasteiger partial charge is 0.264 e. The maximum atomic E-state index is 15.0. The summed E-state index contributed by atoms with van der Waals surface area (Å²) < 4.78 is 44.3. The Morgan fingerprint density at radius 1 is 0.891 bits per heavy atom. The number of anilines is 1. The number of rotatable bonds is 13. The number of nitrogens with one attached hydrogen (secondary N) is 1. The summed E-state index contributed by atoms with van der Waals surface area (Å²) in [5.41, 5.74) is 1.76. The second kappa shape index (κ2) is 15.6. The average Bonchev–Trinajstić information content (AvgIpc) is 3.03. The molecular weight excluding hydrogens is 648 g/mol. The first kappa shape index (κ1) is 34.9. The zero-order chi connectivity index (χ0) is 33.4. The van der Waals surface area contributed by atoms with Crippen LogP contribution >= 0.6 is 23.2 Å². The van der Waals surface area contributed by atoms with E-state index >= 15 is 4.39 Å². The lowest BCUT2D eigenvalue weighted by atomic mass is 10.0. The Morgan fingerprint density at radius 2 is 1.54 bits per heavy atom. The number of benzene rings is 4. The van der Waals surface area contributed by atoms with Crippen LogP contribution < -0.4 is 9.62 Å². The summed E-state index contributed by atoms with van der Waals surface area (Å²) in [5.74, 6) is -1.63. The van der Waals surface area contributed by atoms with Gasteiger partial charge in [-0.15, -0.1) is 0 Å². The van der Waals surface area contributed by atoms with E-state index in [0.717, 1.165) is 15.4 Å². The van der Waals surface area contributed by atoms with Crippen LogP contribution in [0.4, 0.5) is 10.1 Å². The highest BCUT2D eigenvalue weighted by Gasteiger charge is 2.35. The van der Waals surface area contributed by atoms with Gasteiger partial charge in [0.1, 0.15) is 18.4 Å². The second-order valence-corrected chi connectivity index (χ2v) is 14.1. The molecule has 0 heterocycles. The Balaban J connectivity index is 1.84. The third kappa shape index (κ3) is 8.87. The number of amides is 2. The van der Waals surface area contributed by atoms with Crippen molar-refractivity contribution in [2.75, 3.05) is 17.4 Å². The van der Waals surface area contributed by atoms with Crippen molar-refractivity contribution < 1.29 is 22.4 Å². The molecule has 0 aromatic heterocycles. The Morgan fingerprint density at radius 3 is 2.20 bits per heavy atom. The molecule has 0 aliphatic carbocycles. The van der Waals surface area contributed by atoms with Crippen molar-refractivity contribution in [3.63, 3.8) is 0 Å². The van der Waals surface area contributed by atoms with E-state index in [1.807, 2.05) is 51.1 Å². The van der Waals surface area contributed by atoms with Crippen molar-refractivity contribution in [3.8, 4) is 0 Å². The minimum Gasteiger partial charge on any atom is -0.354 e. The van der Waals surface area contributed by atoms with Crippen LogP contribution in [0.2, 0.25) is 10.0 Å². The molecule has 46 heavy (non-hydrogen) atoms. The number of nitrogens with zero attached hydrogens (tertiary/aromatic N) is 2. The molecule has 0 spiro atoms. The Kier molecular flexibility index (Phi) is 11.8. The van der Waals surface area contributed by atoms with Gasteiger partial charge in [-0.1, -0.05) is 103 Å². The summed E-state index contributed by atoms with van der Waals surface area (Å²) in [6, 6.07) is 24.4. The predicted molar refractivity (Wildman–Crippen MR) is 181 cm³/mol. The summed E-state index contributed by atoms with van der Waals surface area (Å²) >= 11 is 12.8. The van der Waals surface area contributed by atoms with Crippen molar-refractivity contribution in [1.29, 1.82) is 0 Å². The molecular formula is C35H36Cl2FN3O4S. The van der Waals surface area contributed by atoms with Crippen LogP contribution in [0.15, 0.2) is 102 Å². The molecule has 1 N–H and O–H groups in total. The van der Waals surface area contributed by atoms with Crippen molar-refractivity contribution in [3.05, 3.63) is 130 Å². The first-order valence-electron chi connectivity index (χ1n) is 14.8. The summed E-state index contributed by atoms with van der Waals surface area (Å²) in [6.07, 6.45) is 0.105. The van der Waals surface area contributed by atoms with Crippen molar-refractivity contribution in [1.82, 2.24) is 10.2 Å². The number of carbonyl (C=O) groups is 2. The SMILES string of the molecule is Cc1ccc(S(=O)(=O)N(CC(=O)N(Cc2ccccc2F)[C@H](Cc2ccccc2)C(=O)NCC(C)C)c2cc(Cl)ccc2Cl)cc1. The summed E-state index contributed by atoms with van der Waals surface area (Å²) in [4.78, 5) is 29.5. The molecule has 4 aromatic carbocycles. The molecule has 0 fully saturated rings. The molecule has 0 aliphatic heterocycles. The maximum absolute atomic E-state index is 15.0. The molecule has 0 saturated heterocycles. The van der Waals surface area contributed by atoms with Gasteiger partial charge >= 0.3 is 0 Å². The molecule has 1 atom stereocenters. The molecule has 0 saturated carbocycles. The van der Waals surface area contributed by atoms with Crippen LogP contribution in [0, 0.1) is 18.7 Å². The lowest BCUT2D eigenvalue weighted by molar-refractivity contribution is -0.140. The number of halogens is 3. The molecule has 0 radical (unpaired) electrons. The lowest BCUT2D eigenvalue weighted by Crippen LogP contribution is -2.54. The third-order valence-corrected chi connectivity index (χ3v) is 9.65. The van der Waals surface area contributed by atoms with Gasteiger partial charge in [0.15, 0.2) is 0 Å². The monoisotopic (exact) mass is 683 g/mol. The van der Waals surface area contributed by atoms with Crippen molar-refractivity contribution in [2.24, 2.45) is 5.92 Å². The molecule has 0 aliphatic rings. The molecule has 7 nitrogen and oxygen atoms in total. The average molecular weight is 685 g/mol. The van der Waals surface area contributed by atoms with E-state index < -0.39 is 40.2 Å². The largest absolute Gasteiger partial charge is 0.354 e. The van der Waals surface area contributed by atoms with Gasteiger partial charge in [-0.05, 0) is 54.8 Å². The highest BCUT2D eigenvalue weighted by molar-refractivity contribution is 7.92. The Labute approximate surface area is 280 Å². The highest BCUT2D eigenvalue weighted by Crippen LogP contribution is 2.33. The zero-order valence-corrected chi connectivity index (χ0v) is 28.1. The van der Waals surface area contributed by atoms with Crippen LogP contribution in [0.5, 0.6) is 0 Å². The first-order chi connectivity index (χ1) is 21.9. The minimum atomic E-state index is -4.38. The Hall–Kier alpha value is -3.92. The quantitative estimate of drug-likeness (QED) is 0.164. The van der Waals surface area contributed by atoms with Gasteiger partial charge < -0.3 is 10.2 Å². The van der Waals surface area contributed by atoms with Gasteiger partial charge in [-0.2, -0.15) is 0 Å². The van der Waals surface area contributed by atoms with E-state index in [1.165, 1.54) is 53.4 Å². The van der Waals surface area contributed by atoms with Crippen LogP contribution in [0.3, 0.4) is 0 Å². The maximum Gasteiger partial charge on any atom is 0.264 e. The van der Waals surface area contributed by atoms with E-state index in [4.69, 9.17) is 23.2 Å². The lowest BCUT2D eigenvalue weighted by Gasteiger charge is -2.34. The van der Waals surface area contributed by atoms with Crippen LogP contribution in [-0.2, 0) is 32.6 Å². The predicted octanol–water partition coefficient (Wildman–Crippen LogP) is 7.05. The molecule has 0 bridgehead atoms. The van der Waals surface area contributed by atoms with E-state index in [-0.39, 0.29) is 45.1 Å². The normalized spacial score (nSPS) is 12.1. The number of hydrogen-bond acceptors (Lipinski definition) is 4. The second-order valence-electron chi connectivity index (χ2n) is 11.4. The molecule has 11 heteroatoms. The summed E-state index contributed by atoms with van der Waals surface area (Å²) in [6.45, 7) is 5.02. The van der Waals surface area contributed by atoms with E-state index in [9.17, 15) is 18.0 Å². The molecule has 242 valence electrons. The third-order valence-electron chi connectivity index (χ3n) is 7.32. The van der Waals surface area contributed by atoms with Crippen LogP contribution in [0.25, 0.3) is 0 Å². The van der Waals surface area contributed by atoms with Gasteiger partial charge in [-0.3, -0.25) is 13.9 Å². The molecule has 0 unspecified atom stereocenters. The van der Waals surface area contributed by atoms with Gasteiger partial charge in [0, 0.05) is 30.1 Å². The number of aryl methyl sites for hydroxylation is 1. The molecule has 4 aromatic rings. The zero-order valence-electron chi connectivity index (χ0n) is 25.8. The van der Waals surface area contributed by atoms with Crippen LogP contribution in [-0.4, -0.2) is 44.3 Å².